The topological polar surface area (TPSA) is 56.0 Å². The van der Waals surface area contributed by atoms with Crippen LogP contribution in [-0.4, -0.2) is 31.8 Å². The molecule has 0 bridgehead atoms. The molecule has 69 valence electrons. The van der Waals surface area contributed by atoms with Gasteiger partial charge in [-0.3, -0.25) is 9.78 Å². The Morgan fingerprint density at radius 1 is 1.46 bits per heavy atom. The summed E-state index contributed by atoms with van der Waals surface area (Å²) in [7, 11) is 0. The second kappa shape index (κ2) is 9.13. The van der Waals surface area contributed by atoms with Crippen LogP contribution in [0.15, 0.2) is 24.4 Å². The number of amides is 1. The van der Waals surface area contributed by atoms with Gasteiger partial charge in [0, 0.05) is 14.6 Å². The Labute approximate surface area is 84.7 Å². The van der Waals surface area contributed by atoms with Crippen LogP contribution in [0, 0.1) is 0 Å². The Morgan fingerprint density at radius 2 is 2.00 bits per heavy atom. The molecule has 0 unspecified atom stereocenters. The molecule has 3 radical (unpaired) electrons. The lowest BCUT2D eigenvalue weighted by molar-refractivity contribution is 0.0995. The number of thioether (sulfide) groups is 1. The quantitative estimate of drug-likeness (QED) is 0.673. The van der Waals surface area contributed by atoms with Crippen molar-refractivity contribution in [2.45, 2.75) is 0 Å². The van der Waals surface area contributed by atoms with Crippen LogP contribution in [0.5, 0.6) is 0 Å². The third-order valence-corrected chi connectivity index (χ3v) is 0.917. The SMILES string of the molecule is CSC.NC(=O)c1ccccn1.[B]. The van der Waals surface area contributed by atoms with Crippen molar-refractivity contribution in [1.29, 1.82) is 0 Å². The molecule has 3 nitrogen and oxygen atoms in total. The third-order valence-electron chi connectivity index (χ3n) is 0.917. The van der Waals surface area contributed by atoms with Crippen LogP contribution in [0.3, 0.4) is 0 Å². The van der Waals surface area contributed by atoms with Gasteiger partial charge in [0.15, 0.2) is 0 Å². The molecular formula is C8H12BN2OS. The number of carbonyl (C=O) groups excluding carboxylic acids is 1. The highest BCUT2D eigenvalue weighted by atomic mass is 32.2. The van der Waals surface area contributed by atoms with E-state index in [4.69, 9.17) is 5.73 Å². The highest BCUT2D eigenvalue weighted by Gasteiger charge is 1.95. The van der Waals surface area contributed by atoms with Crippen LogP contribution >= 0.6 is 11.8 Å². The zero-order valence-electron chi connectivity index (χ0n) is 7.73. The number of carbonyl (C=O) groups is 1. The van der Waals surface area contributed by atoms with Crippen LogP contribution in [0.1, 0.15) is 10.5 Å². The molecule has 2 N–H and O–H groups in total. The molecule has 5 heteroatoms. The predicted molar refractivity (Wildman–Crippen MR) is 57.9 cm³/mol. The standard InChI is InChI=1S/C6H6N2O.C2H6S.B/c7-6(9)5-3-1-2-4-8-5;1-3-2;/h1-4H,(H2,7,9);1-2H3;. The third kappa shape index (κ3) is 7.40. The van der Waals surface area contributed by atoms with Crippen molar-refractivity contribution < 1.29 is 4.79 Å². The van der Waals surface area contributed by atoms with E-state index < -0.39 is 5.91 Å². The van der Waals surface area contributed by atoms with Gasteiger partial charge in [-0.15, -0.1) is 0 Å². The minimum absolute atomic E-state index is 0. The fraction of sp³-hybridized carbons (Fsp3) is 0.250. The first-order valence-corrected chi connectivity index (χ1v) is 4.96. The van der Waals surface area contributed by atoms with Gasteiger partial charge in [0.25, 0.3) is 5.91 Å². The van der Waals surface area contributed by atoms with Crippen molar-refractivity contribution in [3.05, 3.63) is 30.1 Å². The molecule has 1 aromatic rings. The molecule has 0 aliphatic rings. The minimum atomic E-state index is -0.490. The second-order valence-electron chi connectivity index (χ2n) is 1.99. The smallest absolute Gasteiger partial charge is 0.267 e. The van der Waals surface area contributed by atoms with Gasteiger partial charge < -0.3 is 5.73 Å². The summed E-state index contributed by atoms with van der Waals surface area (Å²) in [6, 6.07) is 5.02. The number of pyridine rings is 1. The summed E-state index contributed by atoms with van der Waals surface area (Å²) in [6.07, 6.45) is 5.61. The fourth-order valence-electron chi connectivity index (χ4n) is 0.509. The van der Waals surface area contributed by atoms with Crippen LogP contribution in [0.4, 0.5) is 0 Å². The number of hydrogen-bond acceptors (Lipinski definition) is 3. The van der Waals surface area contributed by atoms with E-state index in [-0.39, 0.29) is 8.41 Å². The van der Waals surface area contributed by atoms with E-state index in [0.29, 0.717) is 5.69 Å². The first-order chi connectivity index (χ1) is 5.72. The maximum absolute atomic E-state index is 10.4. The molecule has 13 heavy (non-hydrogen) atoms. The first kappa shape index (κ1) is 14.6. The normalized spacial score (nSPS) is 7.54. The number of hydrogen-bond donors (Lipinski definition) is 1. The molecule has 1 rings (SSSR count). The number of rotatable bonds is 1. The van der Waals surface area contributed by atoms with Gasteiger partial charge in [0.1, 0.15) is 5.69 Å². The number of nitrogens with two attached hydrogens (primary N) is 1. The molecule has 0 spiro atoms. The predicted octanol–water partition coefficient (Wildman–Crippen LogP) is 0.779. The first-order valence-electron chi connectivity index (χ1n) is 3.33. The van der Waals surface area contributed by atoms with Gasteiger partial charge >= 0.3 is 0 Å². The van der Waals surface area contributed by atoms with E-state index >= 15 is 0 Å². The lowest BCUT2D eigenvalue weighted by atomic mass is 10.3. The van der Waals surface area contributed by atoms with Crippen molar-refractivity contribution in [3.63, 3.8) is 0 Å². The van der Waals surface area contributed by atoms with Gasteiger partial charge in [-0.2, -0.15) is 11.8 Å². The van der Waals surface area contributed by atoms with E-state index in [9.17, 15) is 4.79 Å². The van der Waals surface area contributed by atoms with Crippen molar-refractivity contribution in [2.24, 2.45) is 5.73 Å². The van der Waals surface area contributed by atoms with Crippen molar-refractivity contribution in [2.75, 3.05) is 12.5 Å². The Balaban J connectivity index is 0. The molecule has 0 aliphatic heterocycles. The molecular weight excluding hydrogens is 183 g/mol. The summed E-state index contributed by atoms with van der Waals surface area (Å²) in [5, 5.41) is 0. The van der Waals surface area contributed by atoms with Crippen LogP contribution in [-0.2, 0) is 0 Å². The van der Waals surface area contributed by atoms with Crippen molar-refractivity contribution in [3.8, 4) is 0 Å². The molecule has 1 amide bonds. The summed E-state index contributed by atoms with van der Waals surface area (Å²) in [4.78, 5) is 14.1. The second-order valence-corrected chi connectivity index (χ2v) is 2.80. The van der Waals surface area contributed by atoms with Crippen LogP contribution in [0.25, 0.3) is 0 Å². The lowest BCUT2D eigenvalue weighted by Crippen LogP contribution is -2.12. The monoisotopic (exact) mass is 195 g/mol. The number of nitrogens with zero attached hydrogens (tertiary/aromatic N) is 1. The highest BCUT2D eigenvalue weighted by molar-refractivity contribution is 7.97. The molecule has 0 saturated heterocycles. The molecule has 1 aromatic heterocycles. The summed E-state index contributed by atoms with van der Waals surface area (Å²) < 4.78 is 0. The molecule has 0 aliphatic carbocycles. The molecule has 0 atom stereocenters. The average molecular weight is 195 g/mol. The van der Waals surface area contributed by atoms with E-state index in [2.05, 4.69) is 4.98 Å². The molecule has 1 heterocycles. The minimum Gasteiger partial charge on any atom is -0.364 e. The van der Waals surface area contributed by atoms with E-state index in [1.165, 1.54) is 6.20 Å². The maximum atomic E-state index is 10.4. The maximum Gasteiger partial charge on any atom is 0.267 e. The van der Waals surface area contributed by atoms with Gasteiger partial charge in [-0.1, -0.05) is 6.07 Å². The van der Waals surface area contributed by atoms with E-state index in [1.54, 1.807) is 30.0 Å². The zero-order chi connectivity index (χ0) is 9.40. The fourth-order valence-corrected chi connectivity index (χ4v) is 0.509. The summed E-state index contributed by atoms with van der Waals surface area (Å²) >= 11 is 1.75. The Morgan fingerprint density at radius 3 is 2.23 bits per heavy atom. The molecule has 0 aromatic carbocycles. The summed E-state index contributed by atoms with van der Waals surface area (Å²) in [5.41, 5.74) is 5.22. The largest absolute Gasteiger partial charge is 0.364 e. The lowest BCUT2D eigenvalue weighted by Gasteiger charge is -1.88. The van der Waals surface area contributed by atoms with E-state index in [1.807, 2.05) is 12.5 Å². The van der Waals surface area contributed by atoms with Crippen molar-refractivity contribution in [1.82, 2.24) is 4.98 Å². The Kier molecular flexibility index (Phi) is 10.2. The zero-order valence-corrected chi connectivity index (χ0v) is 8.54. The summed E-state index contributed by atoms with van der Waals surface area (Å²) in [6.45, 7) is 0. The average Bonchev–Trinajstić information content (AvgIpc) is 2.07. The van der Waals surface area contributed by atoms with Crippen LogP contribution in [0.2, 0.25) is 0 Å². The van der Waals surface area contributed by atoms with Crippen LogP contribution < -0.4 is 5.73 Å². The Bertz CT molecular complexity index is 231. The number of primary amides is 1. The van der Waals surface area contributed by atoms with Gasteiger partial charge in [0.05, 0.1) is 0 Å². The summed E-state index contributed by atoms with van der Waals surface area (Å²) in [5.74, 6) is -0.490. The number of aromatic nitrogens is 1. The van der Waals surface area contributed by atoms with Gasteiger partial charge in [-0.05, 0) is 24.6 Å². The molecule has 0 saturated carbocycles. The van der Waals surface area contributed by atoms with Gasteiger partial charge in [-0.25, -0.2) is 0 Å². The Hall–Kier alpha value is -0.965. The van der Waals surface area contributed by atoms with Crippen molar-refractivity contribution >= 4 is 26.1 Å². The molecule has 0 fully saturated rings. The van der Waals surface area contributed by atoms with Gasteiger partial charge in [0.2, 0.25) is 0 Å². The van der Waals surface area contributed by atoms with E-state index in [0.717, 1.165) is 0 Å². The highest BCUT2D eigenvalue weighted by Crippen LogP contribution is 1.88.